The molecule has 0 radical (unpaired) electrons. The molecule has 0 saturated carbocycles. The molecular formula is C19H23N3O3S. The molecule has 0 spiro atoms. The zero-order chi connectivity index (χ0) is 18.4. The van der Waals surface area contributed by atoms with Crippen molar-refractivity contribution < 1.29 is 13.2 Å². The summed E-state index contributed by atoms with van der Waals surface area (Å²) in [4.78, 5) is 12.3. The van der Waals surface area contributed by atoms with Crippen molar-refractivity contribution in [1.82, 2.24) is 4.31 Å². The predicted octanol–water partition coefficient (Wildman–Crippen LogP) is 2.91. The van der Waals surface area contributed by atoms with Gasteiger partial charge in [0.05, 0.1) is 11.4 Å². The van der Waals surface area contributed by atoms with E-state index in [0.717, 1.165) is 24.9 Å². The van der Waals surface area contributed by atoms with Gasteiger partial charge in [-0.3, -0.25) is 4.79 Å². The van der Waals surface area contributed by atoms with Gasteiger partial charge in [-0.05, 0) is 49.2 Å². The maximum atomic E-state index is 12.6. The quantitative estimate of drug-likeness (QED) is 0.816. The molecule has 0 bridgehead atoms. The molecule has 7 heteroatoms. The third kappa shape index (κ3) is 4.62. The normalized spacial score (nSPS) is 15.4. The highest BCUT2D eigenvalue weighted by Gasteiger charge is 2.25. The second-order valence-corrected chi connectivity index (χ2v) is 8.19. The number of carbonyl (C=O) groups is 1. The van der Waals surface area contributed by atoms with Crippen LogP contribution in [0.4, 0.5) is 11.4 Å². The Kier molecular flexibility index (Phi) is 5.90. The first-order valence-electron chi connectivity index (χ1n) is 8.75. The van der Waals surface area contributed by atoms with Crippen LogP contribution in [-0.4, -0.2) is 38.3 Å². The van der Waals surface area contributed by atoms with Crippen LogP contribution in [0.1, 0.15) is 19.3 Å². The number of hydrogen-bond acceptors (Lipinski definition) is 4. The van der Waals surface area contributed by atoms with Crippen LogP contribution in [0.5, 0.6) is 0 Å². The lowest BCUT2D eigenvalue weighted by Crippen LogP contribution is -2.35. The van der Waals surface area contributed by atoms with Gasteiger partial charge in [-0.1, -0.05) is 24.6 Å². The van der Waals surface area contributed by atoms with Crippen molar-refractivity contribution >= 4 is 27.3 Å². The summed E-state index contributed by atoms with van der Waals surface area (Å²) in [6.45, 7) is 1.29. The standard InChI is InChI=1S/C19H23N3O3S/c23-19(15-20-16-7-3-1-4-8-16)21-17-9-11-18(12-10-17)26(24,25)22-13-5-2-6-14-22/h1,3-4,7-12,20H,2,5-6,13-15H2,(H,21,23). The number of rotatable bonds is 6. The van der Waals surface area contributed by atoms with Crippen molar-refractivity contribution in [2.45, 2.75) is 24.2 Å². The van der Waals surface area contributed by atoms with Gasteiger partial charge in [0, 0.05) is 24.5 Å². The zero-order valence-electron chi connectivity index (χ0n) is 14.5. The van der Waals surface area contributed by atoms with Crippen molar-refractivity contribution in [3.63, 3.8) is 0 Å². The van der Waals surface area contributed by atoms with Gasteiger partial charge in [0.1, 0.15) is 0 Å². The fourth-order valence-corrected chi connectivity index (χ4v) is 4.43. The molecule has 0 atom stereocenters. The van der Waals surface area contributed by atoms with E-state index in [1.54, 1.807) is 24.3 Å². The van der Waals surface area contributed by atoms with Crippen molar-refractivity contribution in [3.8, 4) is 0 Å². The molecule has 1 fully saturated rings. The van der Waals surface area contributed by atoms with Gasteiger partial charge in [0.15, 0.2) is 0 Å². The minimum Gasteiger partial charge on any atom is -0.376 e. The summed E-state index contributed by atoms with van der Waals surface area (Å²) >= 11 is 0. The maximum absolute atomic E-state index is 12.6. The van der Waals surface area contributed by atoms with Gasteiger partial charge >= 0.3 is 0 Å². The van der Waals surface area contributed by atoms with Crippen LogP contribution < -0.4 is 10.6 Å². The van der Waals surface area contributed by atoms with Gasteiger partial charge in [0.2, 0.25) is 15.9 Å². The van der Waals surface area contributed by atoms with Crippen LogP contribution in [0.3, 0.4) is 0 Å². The molecule has 1 aliphatic rings. The molecule has 0 aliphatic carbocycles. The number of hydrogen-bond donors (Lipinski definition) is 2. The van der Waals surface area contributed by atoms with Crippen molar-refractivity contribution in [2.75, 3.05) is 30.3 Å². The number of anilines is 2. The van der Waals surface area contributed by atoms with E-state index in [0.29, 0.717) is 18.8 Å². The Morgan fingerprint density at radius 1 is 0.885 bits per heavy atom. The smallest absolute Gasteiger partial charge is 0.243 e. The van der Waals surface area contributed by atoms with Crippen LogP contribution in [0.25, 0.3) is 0 Å². The molecular weight excluding hydrogens is 350 g/mol. The Morgan fingerprint density at radius 3 is 2.19 bits per heavy atom. The van der Waals surface area contributed by atoms with Crippen LogP contribution in [0.2, 0.25) is 0 Å². The van der Waals surface area contributed by atoms with Crippen molar-refractivity contribution in [3.05, 3.63) is 54.6 Å². The number of carbonyl (C=O) groups excluding carboxylic acids is 1. The van der Waals surface area contributed by atoms with E-state index in [4.69, 9.17) is 0 Å². The lowest BCUT2D eigenvalue weighted by atomic mass is 10.2. The van der Waals surface area contributed by atoms with E-state index in [1.807, 2.05) is 30.3 Å². The number of piperidine rings is 1. The Labute approximate surface area is 154 Å². The fourth-order valence-electron chi connectivity index (χ4n) is 2.91. The highest BCUT2D eigenvalue weighted by molar-refractivity contribution is 7.89. The number of sulfonamides is 1. The van der Waals surface area contributed by atoms with Crippen LogP contribution in [0.15, 0.2) is 59.5 Å². The Balaban J connectivity index is 1.58. The third-order valence-electron chi connectivity index (χ3n) is 4.32. The van der Waals surface area contributed by atoms with E-state index in [9.17, 15) is 13.2 Å². The number of nitrogens with zero attached hydrogens (tertiary/aromatic N) is 1. The summed E-state index contributed by atoms with van der Waals surface area (Å²) in [5, 5.41) is 5.79. The van der Waals surface area contributed by atoms with E-state index in [1.165, 1.54) is 4.31 Å². The lowest BCUT2D eigenvalue weighted by molar-refractivity contribution is -0.114. The molecule has 1 saturated heterocycles. The number of nitrogens with one attached hydrogen (secondary N) is 2. The molecule has 0 unspecified atom stereocenters. The summed E-state index contributed by atoms with van der Waals surface area (Å²) < 4.78 is 26.8. The Morgan fingerprint density at radius 2 is 1.54 bits per heavy atom. The molecule has 0 aromatic heterocycles. The third-order valence-corrected chi connectivity index (χ3v) is 6.23. The highest BCUT2D eigenvalue weighted by atomic mass is 32.2. The first kappa shape index (κ1) is 18.4. The number of benzene rings is 2. The lowest BCUT2D eigenvalue weighted by Gasteiger charge is -2.25. The molecule has 1 amide bonds. The van der Waals surface area contributed by atoms with Gasteiger partial charge in [0.25, 0.3) is 0 Å². The van der Waals surface area contributed by atoms with Gasteiger partial charge in [-0.25, -0.2) is 8.42 Å². The topological polar surface area (TPSA) is 78.5 Å². The maximum Gasteiger partial charge on any atom is 0.243 e. The van der Waals surface area contributed by atoms with Gasteiger partial charge in [-0.2, -0.15) is 4.31 Å². The monoisotopic (exact) mass is 373 g/mol. The van der Waals surface area contributed by atoms with Crippen molar-refractivity contribution in [1.29, 1.82) is 0 Å². The summed E-state index contributed by atoms with van der Waals surface area (Å²) in [5.74, 6) is -0.194. The molecule has 1 aliphatic heterocycles. The van der Waals surface area contributed by atoms with E-state index >= 15 is 0 Å². The highest BCUT2D eigenvalue weighted by Crippen LogP contribution is 2.22. The van der Waals surface area contributed by atoms with Crippen LogP contribution in [0, 0.1) is 0 Å². The molecule has 26 heavy (non-hydrogen) atoms. The second kappa shape index (κ2) is 8.33. The first-order valence-corrected chi connectivity index (χ1v) is 10.2. The molecule has 138 valence electrons. The second-order valence-electron chi connectivity index (χ2n) is 6.26. The van der Waals surface area contributed by atoms with Crippen LogP contribution in [-0.2, 0) is 14.8 Å². The minimum atomic E-state index is -3.45. The van der Waals surface area contributed by atoms with E-state index < -0.39 is 10.0 Å². The van der Waals surface area contributed by atoms with E-state index in [-0.39, 0.29) is 17.3 Å². The number of para-hydroxylation sites is 1. The fraction of sp³-hybridized carbons (Fsp3) is 0.316. The van der Waals surface area contributed by atoms with Gasteiger partial charge < -0.3 is 10.6 Å². The number of amides is 1. The summed E-state index contributed by atoms with van der Waals surface area (Å²) in [6.07, 6.45) is 2.89. The molecule has 2 aromatic carbocycles. The Hall–Kier alpha value is -2.38. The average Bonchev–Trinajstić information content (AvgIpc) is 2.68. The van der Waals surface area contributed by atoms with Crippen LogP contribution >= 0.6 is 0 Å². The SMILES string of the molecule is O=C(CNc1ccccc1)Nc1ccc(S(=O)(=O)N2CCCCC2)cc1. The summed E-state index contributed by atoms with van der Waals surface area (Å²) in [7, 11) is -3.45. The van der Waals surface area contributed by atoms with Crippen molar-refractivity contribution in [2.24, 2.45) is 0 Å². The van der Waals surface area contributed by atoms with Gasteiger partial charge in [-0.15, -0.1) is 0 Å². The molecule has 6 nitrogen and oxygen atoms in total. The summed E-state index contributed by atoms with van der Waals surface area (Å²) in [5.41, 5.74) is 1.44. The predicted molar refractivity (Wildman–Crippen MR) is 103 cm³/mol. The minimum absolute atomic E-state index is 0.137. The average molecular weight is 373 g/mol. The molecule has 1 heterocycles. The van der Waals surface area contributed by atoms with E-state index in [2.05, 4.69) is 10.6 Å². The molecule has 2 aromatic rings. The summed E-state index contributed by atoms with van der Waals surface area (Å²) in [6, 6.07) is 15.8. The molecule has 2 N–H and O–H groups in total. The Bertz CT molecular complexity index is 830. The first-order chi connectivity index (χ1) is 12.6. The zero-order valence-corrected chi connectivity index (χ0v) is 15.3. The largest absolute Gasteiger partial charge is 0.376 e. The molecule has 3 rings (SSSR count).